The Labute approximate surface area is 119 Å². The zero-order chi connectivity index (χ0) is 15.3. The second-order valence-corrected chi connectivity index (χ2v) is 5.52. The van der Waals surface area contributed by atoms with Crippen molar-refractivity contribution in [2.75, 3.05) is 11.9 Å². The molecule has 0 amide bonds. The minimum Gasteiger partial charge on any atom is -0.481 e. The lowest BCUT2D eigenvalue weighted by Crippen LogP contribution is -2.21. The molecule has 6 nitrogen and oxygen atoms in total. The number of carboxylic acids is 1. The lowest BCUT2D eigenvalue weighted by Gasteiger charge is -2.18. The molecule has 0 aromatic carbocycles. The van der Waals surface area contributed by atoms with Crippen LogP contribution < -0.4 is 5.32 Å². The molecule has 0 saturated heterocycles. The van der Waals surface area contributed by atoms with Crippen molar-refractivity contribution in [2.45, 2.75) is 33.6 Å². The maximum atomic E-state index is 10.9. The number of carbonyl (C=O) groups is 1. The number of aryl methyl sites for hydroxylation is 2. The van der Waals surface area contributed by atoms with Gasteiger partial charge >= 0.3 is 5.97 Å². The fourth-order valence-electron chi connectivity index (χ4n) is 2.39. The summed E-state index contributed by atoms with van der Waals surface area (Å²) >= 11 is 0. The molecule has 1 aromatic heterocycles. The van der Waals surface area contributed by atoms with Gasteiger partial charge in [0.2, 0.25) is 0 Å². The van der Waals surface area contributed by atoms with Gasteiger partial charge in [-0.05, 0) is 25.2 Å². The summed E-state index contributed by atoms with van der Waals surface area (Å²) in [5.74, 6) is 0.336. The minimum absolute atomic E-state index is 0.0363. The zero-order valence-electron chi connectivity index (χ0n) is 12.5. The number of hydrogen-bond donors (Lipinski definition) is 2. The van der Waals surface area contributed by atoms with Crippen LogP contribution in [0.3, 0.4) is 0 Å². The van der Waals surface area contributed by atoms with Crippen LogP contribution in [-0.2, 0) is 11.8 Å². The SMILES string of the molecule is Cc1nn(C)c(NCC(CC(=O)O)CC(C)C)c1C#N. The number of aliphatic carboxylic acids is 1. The molecule has 2 N–H and O–H groups in total. The molecule has 0 fully saturated rings. The molecule has 1 aromatic rings. The number of carboxylic acid groups (broad SMARTS) is 1. The fraction of sp³-hybridized carbons (Fsp3) is 0.643. The van der Waals surface area contributed by atoms with Crippen LogP contribution in [0.15, 0.2) is 0 Å². The van der Waals surface area contributed by atoms with E-state index in [1.165, 1.54) is 0 Å². The van der Waals surface area contributed by atoms with Crippen LogP contribution >= 0.6 is 0 Å². The van der Waals surface area contributed by atoms with Gasteiger partial charge in [0.05, 0.1) is 5.69 Å². The molecule has 20 heavy (non-hydrogen) atoms. The number of aromatic nitrogens is 2. The van der Waals surface area contributed by atoms with Gasteiger partial charge in [0, 0.05) is 20.0 Å². The minimum atomic E-state index is -0.792. The molecule has 0 saturated carbocycles. The predicted molar refractivity (Wildman–Crippen MR) is 76.3 cm³/mol. The molecule has 0 radical (unpaired) electrons. The second-order valence-electron chi connectivity index (χ2n) is 5.52. The van der Waals surface area contributed by atoms with Gasteiger partial charge in [-0.25, -0.2) is 0 Å². The van der Waals surface area contributed by atoms with Crippen molar-refractivity contribution in [3.05, 3.63) is 11.3 Å². The van der Waals surface area contributed by atoms with Gasteiger partial charge in [-0.15, -0.1) is 0 Å². The quantitative estimate of drug-likeness (QED) is 0.797. The molecule has 1 unspecified atom stereocenters. The molecule has 0 bridgehead atoms. The predicted octanol–water partition coefficient (Wildman–Crippen LogP) is 2.15. The molecule has 110 valence electrons. The summed E-state index contributed by atoms with van der Waals surface area (Å²) < 4.78 is 1.63. The highest BCUT2D eigenvalue weighted by molar-refractivity contribution is 5.67. The summed E-state index contributed by atoms with van der Waals surface area (Å²) in [5.41, 5.74) is 1.20. The Morgan fingerprint density at radius 2 is 2.20 bits per heavy atom. The summed E-state index contributed by atoms with van der Waals surface area (Å²) in [7, 11) is 1.77. The van der Waals surface area contributed by atoms with E-state index in [9.17, 15) is 4.79 Å². The molecular formula is C14H22N4O2. The van der Waals surface area contributed by atoms with Crippen LogP contribution in [-0.4, -0.2) is 27.4 Å². The molecule has 0 spiro atoms. The van der Waals surface area contributed by atoms with Gasteiger partial charge in [-0.2, -0.15) is 10.4 Å². The first-order valence-corrected chi connectivity index (χ1v) is 6.74. The molecule has 0 aliphatic rings. The molecule has 0 aliphatic carbocycles. The first-order chi connectivity index (χ1) is 9.35. The summed E-state index contributed by atoms with van der Waals surface area (Å²) in [6, 6.07) is 2.13. The zero-order valence-corrected chi connectivity index (χ0v) is 12.5. The Hall–Kier alpha value is -2.03. The maximum Gasteiger partial charge on any atom is 0.303 e. The van der Waals surface area contributed by atoms with Crippen LogP contribution in [0.4, 0.5) is 5.82 Å². The smallest absolute Gasteiger partial charge is 0.303 e. The highest BCUT2D eigenvalue weighted by atomic mass is 16.4. The number of rotatable bonds is 7. The second kappa shape index (κ2) is 6.94. The van der Waals surface area contributed by atoms with Crippen molar-refractivity contribution in [3.8, 4) is 6.07 Å². The van der Waals surface area contributed by atoms with Gasteiger partial charge in [0.1, 0.15) is 17.5 Å². The van der Waals surface area contributed by atoms with E-state index in [0.29, 0.717) is 29.5 Å². The lowest BCUT2D eigenvalue weighted by atomic mass is 9.94. The van der Waals surface area contributed by atoms with E-state index in [2.05, 4.69) is 30.3 Å². The Bertz CT molecular complexity index is 514. The maximum absolute atomic E-state index is 10.9. The molecule has 1 heterocycles. The Balaban J connectivity index is 2.77. The molecule has 1 rings (SSSR count). The van der Waals surface area contributed by atoms with Crippen LogP contribution in [0.2, 0.25) is 0 Å². The van der Waals surface area contributed by atoms with E-state index in [1.54, 1.807) is 18.7 Å². The summed E-state index contributed by atoms with van der Waals surface area (Å²) in [5, 5.41) is 25.5. The highest BCUT2D eigenvalue weighted by Crippen LogP contribution is 2.20. The standard InChI is InChI=1S/C14H22N4O2/c1-9(2)5-11(6-13(19)20)8-16-14-12(7-15)10(3)17-18(14)4/h9,11,16H,5-6,8H2,1-4H3,(H,19,20). The average molecular weight is 278 g/mol. The van der Waals surface area contributed by atoms with Gasteiger partial charge < -0.3 is 10.4 Å². The molecule has 0 aliphatic heterocycles. The molecule has 1 atom stereocenters. The first kappa shape index (κ1) is 16.0. The number of hydrogen-bond acceptors (Lipinski definition) is 4. The van der Waals surface area contributed by atoms with Crippen molar-refractivity contribution >= 4 is 11.8 Å². The Morgan fingerprint density at radius 1 is 1.55 bits per heavy atom. The van der Waals surface area contributed by atoms with E-state index >= 15 is 0 Å². The topological polar surface area (TPSA) is 90.9 Å². The van der Waals surface area contributed by atoms with E-state index in [1.807, 2.05) is 0 Å². The largest absolute Gasteiger partial charge is 0.481 e. The summed E-state index contributed by atoms with van der Waals surface area (Å²) in [4.78, 5) is 10.9. The van der Waals surface area contributed by atoms with Crippen LogP contribution in [0, 0.1) is 30.1 Å². The number of nitriles is 1. The van der Waals surface area contributed by atoms with E-state index in [-0.39, 0.29) is 12.3 Å². The third-order valence-electron chi connectivity index (χ3n) is 3.16. The van der Waals surface area contributed by atoms with Crippen LogP contribution in [0.5, 0.6) is 0 Å². The Morgan fingerprint density at radius 3 is 2.70 bits per heavy atom. The third-order valence-corrected chi connectivity index (χ3v) is 3.16. The normalized spacial score (nSPS) is 12.2. The molecular weight excluding hydrogens is 256 g/mol. The number of nitrogens with one attached hydrogen (secondary N) is 1. The fourth-order valence-corrected chi connectivity index (χ4v) is 2.39. The van der Waals surface area contributed by atoms with Crippen molar-refractivity contribution in [1.29, 1.82) is 5.26 Å². The van der Waals surface area contributed by atoms with E-state index in [0.717, 1.165) is 6.42 Å². The Kier molecular flexibility index (Phi) is 5.56. The van der Waals surface area contributed by atoms with Crippen LogP contribution in [0.1, 0.15) is 37.9 Å². The van der Waals surface area contributed by atoms with Gasteiger partial charge in [-0.3, -0.25) is 9.48 Å². The van der Waals surface area contributed by atoms with E-state index < -0.39 is 5.97 Å². The molecule has 6 heteroatoms. The van der Waals surface area contributed by atoms with Crippen molar-refractivity contribution in [2.24, 2.45) is 18.9 Å². The van der Waals surface area contributed by atoms with Crippen molar-refractivity contribution in [1.82, 2.24) is 9.78 Å². The lowest BCUT2D eigenvalue weighted by molar-refractivity contribution is -0.138. The average Bonchev–Trinajstić information content (AvgIpc) is 2.58. The van der Waals surface area contributed by atoms with Crippen LogP contribution in [0.25, 0.3) is 0 Å². The van der Waals surface area contributed by atoms with E-state index in [4.69, 9.17) is 10.4 Å². The first-order valence-electron chi connectivity index (χ1n) is 6.74. The monoisotopic (exact) mass is 278 g/mol. The van der Waals surface area contributed by atoms with Gasteiger partial charge in [0.25, 0.3) is 0 Å². The third kappa shape index (κ3) is 4.26. The summed E-state index contributed by atoms with van der Waals surface area (Å²) in [6.45, 7) is 6.46. The number of nitrogens with zero attached hydrogens (tertiary/aromatic N) is 3. The van der Waals surface area contributed by atoms with Crippen molar-refractivity contribution in [3.63, 3.8) is 0 Å². The van der Waals surface area contributed by atoms with Gasteiger partial charge in [0.15, 0.2) is 0 Å². The van der Waals surface area contributed by atoms with Crippen molar-refractivity contribution < 1.29 is 9.90 Å². The van der Waals surface area contributed by atoms with Gasteiger partial charge in [-0.1, -0.05) is 13.8 Å². The number of anilines is 1. The highest BCUT2D eigenvalue weighted by Gasteiger charge is 2.18. The summed E-state index contributed by atoms with van der Waals surface area (Å²) in [6.07, 6.45) is 0.960.